The zero-order chi connectivity index (χ0) is 42.8. The number of amides is 2. The summed E-state index contributed by atoms with van der Waals surface area (Å²) in [5.41, 5.74) is 3.93. The fraction of sp³-hybridized carbons (Fsp3) is 0.318. The van der Waals surface area contributed by atoms with E-state index in [1.54, 1.807) is 54.6 Å². The van der Waals surface area contributed by atoms with Crippen LogP contribution in [0, 0.1) is 0 Å². The highest BCUT2D eigenvalue weighted by atomic mass is 32.1. The normalized spacial score (nSPS) is 13.6. The maximum atomic E-state index is 13.9. The van der Waals surface area contributed by atoms with Crippen molar-refractivity contribution in [1.82, 2.24) is 30.4 Å². The Hall–Kier alpha value is -6.04. The Morgan fingerprint density at radius 1 is 0.869 bits per heavy atom. The molecule has 4 heterocycles. The topological polar surface area (TPSA) is 175 Å². The number of rotatable bonds is 25. The number of aliphatic imine (C=N–C) groups is 1. The van der Waals surface area contributed by atoms with Crippen LogP contribution < -0.4 is 31.1 Å². The van der Waals surface area contributed by atoms with E-state index in [-0.39, 0.29) is 30.7 Å². The number of unbranched alkanes of at least 4 members (excludes halogenated alkanes) is 4. The number of aromatic nitrogens is 3. The second-order valence-electron chi connectivity index (χ2n) is 14.4. The van der Waals surface area contributed by atoms with Gasteiger partial charge in [0.15, 0.2) is 6.61 Å². The number of hydrogen-bond acceptors (Lipinski definition) is 9. The van der Waals surface area contributed by atoms with E-state index in [1.165, 1.54) is 11.3 Å². The third-order valence-electron chi connectivity index (χ3n) is 9.67. The van der Waals surface area contributed by atoms with Crippen molar-refractivity contribution in [3.8, 4) is 22.1 Å². The van der Waals surface area contributed by atoms with Gasteiger partial charge in [0.1, 0.15) is 29.7 Å². The number of benzene rings is 2. The number of para-hydroxylation sites is 1. The first-order chi connectivity index (χ1) is 29.7. The van der Waals surface area contributed by atoms with E-state index < -0.39 is 13.5 Å². The summed E-state index contributed by atoms with van der Waals surface area (Å²) in [7, 11) is -2.68. The molecular weight excluding hydrogens is 803 g/mol. The van der Waals surface area contributed by atoms with Gasteiger partial charge in [0.05, 0.1) is 22.6 Å². The molecule has 6 rings (SSSR count). The van der Waals surface area contributed by atoms with Gasteiger partial charge in [-0.05, 0) is 110 Å². The Kier molecular flexibility index (Phi) is 16.9. The largest absolute Gasteiger partial charge is 0.678 e. The van der Waals surface area contributed by atoms with Gasteiger partial charge in [0.25, 0.3) is 5.91 Å². The number of nitrogens with one attached hydrogen (secondary N) is 5. The molecule has 0 aliphatic carbocycles. The van der Waals surface area contributed by atoms with Gasteiger partial charge < -0.3 is 45.0 Å². The first kappa shape index (κ1) is 44.5. The zero-order valence-electron chi connectivity index (χ0n) is 33.7. The van der Waals surface area contributed by atoms with Crippen LogP contribution >= 0.6 is 11.3 Å². The fourth-order valence-electron chi connectivity index (χ4n) is 6.55. The summed E-state index contributed by atoms with van der Waals surface area (Å²) in [6.07, 6.45) is 13.8. The van der Waals surface area contributed by atoms with Crippen LogP contribution in [-0.2, 0) is 9.59 Å². The Bertz CT molecular complexity index is 2370. The molecule has 0 saturated carbocycles. The lowest BCUT2D eigenvalue weighted by molar-refractivity contribution is -0.123. The molecule has 1 aliphatic heterocycles. The lowest BCUT2D eigenvalue weighted by Gasteiger charge is -2.13. The van der Waals surface area contributed by atoms with E-state index in [9.17, 15) is 28.1 Å². The lowest BCUT2D eigenvalue weighted by atomic mass is 10.2. The number of H-pyrrole nitrogens is 2. The SMILES string of the molecule is O=C(CCCCCNC(=O)COc1ccc(/C=C/C2=NC(=C\c3ccc(-c4cccs4)n3B(F)F)/C=C2)cc1)NCCCCCNC[C@H](O)COc1cccc2[nH]c(=O)[nH]c12. The van der Waals surface area contributed by atoms with Gasteiger partial charge in [-0.2, -0.15) is 0 Å². The fourth-order valence-corrected chi connectivity index (χ4v) is 7.30. The number of hydrogen-bond donors (Lipinski definition) is 6. The smallest absolute Gasteiger partial charge is 0.489 e. The quantitative estimate of drug-likeness (QED) is 0.0284. The number of allylic oxidation sites excluding steroid dienone is 3. The summed E-state index contributed by atoms with van der Waals surface area (Å²) in [6.45, 7) is 2.23. The Labute approximate surface area is 356 Å². The molecule has 2 aromatic carbocycles. The van der Waals surface area contributed by atoms with E-state index in [1.807, 2.05) is 47.9 Å². The van der Waals surface area contributed by atoms with E-state index in [0.717, 1.165) is 60.0 Å². The van der Waals surface area contributed by atoms with Crippen molar-refractivity contribution in [3.05, 3.63) is 118 Å². The minimum absolute atomic E-state index is 0.0233. The second-order valence-corrected chi connectivity index (χ2v) is 15.3. The van der Waals surface area contributed by atoms with Gasteiger partial charge in [0, 0.05) is 36.6 Å². The van der Waals surface area contributed by atoms with Crippen molar-refractivity contribution in [2.24, 2.45) is 4.99 Å². The highest BCUT2D eigenvalue weighted by Crippen LogP contribution is 2.29. The van der Waals surface area contributed by atoms with Crippen molar-refractivity contribution < 1.29 is 32.8 Å². The Morgan fingerprint density at radius 2 is 1.66 bits per heavy atom. The summed E-state index contributed by atoms with van der Waals surface area (Å²) < 4.78 is 40.2. The molecule has 1 aliphatic rings. The minimum atomic E-state index is -2.68. The minimum Gasteiger partial charge on any atom is -0.489 e. The van der Waals surface area contributed by atoms with Crippen molar-refractivity contribution in [3.63, 3.8) is 0 Å². The monoisotopic (exact) mass is 853 g/mol. The molecule has 320 valence electrons. The molecule has 13 nitrogen and oxygen atoms in total. The van der Waals surface area contributed by atoms with Crippen LogP contribution in [0.3, 0.4) is 0 Å². The van der Waals surface area contributed by atoms with Crippen molar-refractivity contribution in [2.75, 3.05) is 39.4 Å². The number of aromatic amines is 2. The van der Waals surface area contributed by atoms with Crippen LogP contribution in [0.5, 0.6) is 11.5 Å². The predicted octanol–water partition coefficient (Wildman–Crippen LogP) is 6.59. The number of thiophene rings is 1. The average molecular weight is 854 g/mol. The number of imidazole rings is 1. The molecule has 17 heteroatoms. The molecule has 0 fully saturated rings. The molecule has 61 heavy (non-hydrogen) atoms. The van der Waals surface area contributed by atoms with Gasteiger partial charge in [0.2, 0.25) is 5.91 Å². The lowest BCUT2D eigenvalue weighted by Crippen LogP contribution is -2.32. The summed E-state index contributed by atoms with van der Waals surface area (Å²) in [4.78, 5) is 46.7. The average Bonchev–Trinajstić information content (AvgIpc) is 4.09. The van der Waals surface area contributed by atoms with Crippen molar-refractivity contribution >= 4 is 59.5 Å². The van der Waals surface area contributed by atoms with Crippen LogP contribution in [0.15, 0.2) is 106 Å². The summed E-state index contributed by atoms with van der Waals surface area (Å²) >= 11 is 1.41. The summed E-state index contributed by atoms with van der Waals surface area (Å²) in [5.74, 6) is 0.867. The Balaban J connectivity index is 0.755. The summed E-state index contributed by atoms with van der Waals surface area (Å²) in [5, 5.41) is 21.1. The number of carbonyl (C=O) groups excluding carboxylic acids is 2. The van der Waals surface area contributed by atoms with Crippen LogP contribution in [0.2, 0.25) is 0 Å². The van der Waals surface area contributed by atoms with Gasteiger partial charge in [-0.3, -0.25) is 18.2 Å². The Morgan fingerprint density at radius 3 is 2.44 bits per heavy atom. The van der Waals surface area contributed by atoms with E-state index >= 15 is 0 Å². The van der Waals surface area contributed by atoms with Crippen LogP contribution in [0.25, 0.3) is 33.8 Å². The van der Waals surface area contributed by atoms with Gasteiger partial charge in [-0.25, -0.2) is 9.79 Å². The standard InChI is InChI=1S/C44H50BF2N7O6S/c46-45(47)54-34(19-22-38(54)40-11-8-26-61-40)27-33-18-17-32(51-33)16-13-31-14-20-36(21-15-31)59-30-42(57)50-25-5-1-3-12-41(56)49-24-6-2-4-23-48-28-35(55)29-60-39-10-7-9-37-43(39)53-44(58)52-37/h7-11,13-22,26-27,35,48,55H,1-6,12,23-25,28-30H2,(H,49,56)(H,50,57)(H2,52,53,58)/b16-13+,33-27-/t35-/m0/s1. The van der Waals surface area contributed by atoms with E-state index in [0.29, 0.717) is 71.4 Å². The molecular formula is C44H50BF2N7O6S. The maximum absolute atomic E-state index is 13.9. The third-order valence-corrected chi connectivity index (χ3v) is 10.6. The number of aliphatic hydroxyl groups is 1. The molecule has 1 atom stereocenters. The van der Waals surface area contributed by atoms with Gasteiger partial charge in [-0.1, -0.05) is 43.2 Å². The molecule has 6 N–H and O–H groups in total. The molecule has 2 amide bonds. The van der Waals surface area contributed by atoms with Crippen LogP contribution in [0.1, 0.15) is 56.2 Å². The molecule has 0 spiro atoms. The van der Waals surface area contributed by atoms with Crippen molar-refractivity contribution in [2.45, 2.75) is 51.0 Å². The van der Waals surface area contributed by atoms with E-state index in [2.05, 4.69) is 30.9 Å². The number of ether oxygens (including phenoxy) is 2. The number of nitrogens with zero attached hydrogens (tertiary/aromatic N) is 2. The molecule has 0 unspecified atom stereocenters. The maximum Gasteiger partial charge on any atom is 0.678 e. The predicted molar refractivity (Wildman–Crippen MR) is 238 cm³/mol. The second kappa shape index (κ2) is 23.1. The van der Waals surface area contributed by atoms with Crippen molar-refractivity contribution in [1.29, 1.82) is 0 Å². The van der Waals surface area contributed by atoms with Gasteiger partial charge >= 0.3 is 13.1 Å². The van der Waals surface area contributed by atoms with E-state index in [4.69, 9.17) is 9.47 Å². The third kappa shape index (κ3) is 14.0. The molecule has 0 bridgehead atoms. The first-order valence-electron chi connectivity index (χ1n) is 20.4. The molecule has 3 aromatic heterocycles. The summed E-state index contributed by atoms with van der Waals surface area (Å²) in [6, 6.07) is 19.6. The van der Waals surface area contributed by atoms with Crippen LogP contribution in [-0.4, -0.2) is 90.0 Å². The number of halogens is 2. The van der Waals surface area contributed by atoms with Gasteiger partial charge in [-0.15, -0.1) is 11.3 Å². The zero-order valence-corrected chi connectivity index (χ0v) is 34.5. The first-order valence-corrected chi connectivity index (χ1v) is 21.3. The molecule has 5 aromatic rings. The molecule has 0 radical (unpaired) electrons. The highest BCUT2D eigenvalue weighted by molar-refractivity contribution is 7.13. The number of aliphatic hydroxyl groups excluding tert-OH is 1. The molecule has 0 saturated heterocycles. The van der Waals surface area contributed by atoms with Crippen LogP contribution in [0.4, 0.5) is 8.63 Å². The number of fused-ring (bicyclic) bond motifs is 1. The highest BCUT2D eigenvalue weighted by Gasteiger charge is 2.24. The number of carbonyl (C=O) groups is 2.